The number of fused-ring (bicyclic) bond motifs is 8. The maximum atomic E-state index is 14.4. The van der Waals surface area contributed by atoms with Crippen LogP contribution in [-0.4, -0.2) is 50.1 Å². The van der Waals surface area contributed by atoms with Crippen molar-refractivity contribution in [3.05, 3.63) is 188 Å². The number of carbonyl (C=O) groups excluding carboxylic acids is 7. The zero-order chi connectivity index (χ0) is 41.0. The van der Waals surface area contributed by atoms with Crippen LogP contribution in [0.4, 0.5) is 11.4 Å². The number of carbonyl (C=O) groups is 7. The predicted molar refractivity (Wildman–Crippen MR) is 224 cm³/mol. The van der Waals surface area contributed by atoms with Crippen molar-refractivity contribution in [1.29, 1.82) is 0 Å². The molecule has 0 aliphatic heterocycles. The second-order valence-electron chi connectivity index (χ2n) is 14.6. The van der Waals surface area contributed by atoms with Gasteiger partial charge in [-0.1, -0.05) is 78.9 Å². The summed E-state index contributed by atoms with van der Waals surface area (Å²) in [6.07, 6.45) is 8.81. The van der Waals surface area contributed by atoms with Crippen LogP contribution in [0.15, 0.2) is 133 Å². The Morgan fingerprint density at radius 3 is 2.00 bits per heavy atom. The first-order valence-corrected chi connectivity index (χ1v) is 19.6. The second kappa shape index (κ2) is 13.0. The molecule has 0 atom stereocenters. The molecule has 2 N–H and O–H groups in total. The number of allylic oxidation sites excluding steroid dienone is 6. The van der Waals surface area contributed by atoms with Crippen LogP contribution >= 0.6 is 11.5 Å². The Labute approximate surface area is 342 Å². The third kappa shape index (κ3) is 4.91. The number of hydrogen-bond acceptors (Lipinski definition) is 10. The third-order valence-corrected chi connectivity index (χ3v) is 12.2. The lowest BCUT2D eigenvalue weighted by atomic mass is 9.79. The smallest absolute Gasteiger partial charge is 0.257 e. The molecule has 11 nitrogen and oxygen atoms in total. The largest absolute Gasteiger partial charge is 0.321 e. The van der Waals surface area contributed by atoms with Gasteiger partial charge in [0.15, 0.2) is 28.9 Å². The summed E-state index contributed by atoms with van der Waals surface area (Å²) in [5.74, 6) is -3.30. The molecular formula is C48H24N4O7S. The minimum absolute atomic E-state index is 0.00220. The van der Waals surface area contributed by atoms with E-state index in [0.717, 1.165) is 11.5 Å². The molecule has 2 aromatic heterocycles. The summed E-state index contributed by atoms with van der Waals surface area (Å²) < 4.78 is 5.13. The average molecular weight is 801 g/mol. The average Bonchev–Trinajstić information content (AvgIpc) is 3.56. The van der Waals surface area contributed by atoms with E-state index in [4.69, 9.17) is 0 Å². The van der Waals surface area contributed by atoms with E-state index in [1.54, 1.807) is 60.7 Å². The molecule has 284 valence electrons. The Morgan fingerprint density at radius 1 is 0.583 bits per heavy atom. The molecule has 4 aliphatic carbocycles. The normalized spacial score (nSPS) is 14.7. The summed E-state index contributed by atoms with van der Waals surface area (Å²) in [5.41, 5.74) is 3.59. The van der Waals surface area contributed by atoms with Crippen LogP contribution in [0, 0.1) is 0 Å². The molecule has 0 bridgehead atoms. The van der Waals surface area contributed by atoms with Crippen molar-refractivity contribution in [3.8, 4) is 11.3 Å². The van der Waals surface area contributed by atoms with Gasteiger partial charge in [-0.2, -0.15) is 4.37 Å². The van der Waals surface area contributed by atoms with Crippen molar-refractivity contribution in [3.63, 3.8) is 0 Å². The zero-order valence-corrected chi connectivity index (χ0v) is 31.7. The number of nitrogens with zero attached hydrogens (tertiary/aromatic N) is 2. The van der Waals surface area contributed by atoms with Gasteiger partial charge in [0.05, 0.1) is 49.5 Å². The van der Waals surface area contributed by atoms with E-state index < -0.39 is 29.2 Å². The number of ketones is 5. The minimum Gasteiger partial charge on any atom is -0.321 e. The molecule has 4 aliphatic rings. The monoisotopic (exact) mass is 800 g/mol. The highest BCUT2D eigenvalue weighted by Gasteiger charge is 2.38. The third-order valence-electron chi connectivity index (χ3n) is 11.4. The van der Waals surface area contributed by atoms with Crippen LogP contribution in [0.25, 0.3) is 32.2 Å². The van der Waals surface area contributed by atoms with Crippen molar-refractivity contribution in [1.82, 2.24) is 9.36 Å². The fraction of sp³-hybridized carbons (Fsp3) is 0.0208. The van der Waals surface area contributed by atoms with Gasteiger partial charge in [-0.25, -0.2) is 0 Å². The Balaban J connectivity index is 0.935. The summed E-state index contributed by atoms with van der Waals surface area (Å²) in [5, 5.41) is 6.53. The van der Waals surface area contributed by atoms with Crippen LogP contribution in [0.5, 0.6) is 0 Å². The van der Waals surface area contributed by atoms with Crippen molar-refractivity contribution < 1.29 is 33.6 Å². The highest BCUT2D eigenvalue weighted by Crippen LogP contribution is 2.43. The Morgan fingerprint density at radius 2 is 1.27 bits per heavy atom. The van der Waals surface area contributed by atoms with Crippen LogP contribution < -0.4 is 10.6 Å². The van der Waals surface area contributed by atoms with Crippen LogP contribution in [0.2, 0.25) is 0 Å². The van der Waals surface area contributed by atoms with E-state index in [1.165, 1.54) is 42.6 Å². The summed E-state index contributed by atoms with van der Waals surface area (Å²) in [6.45, 7) is 0. The molecule has 12 heteroatoms. The van der Waals surface area contributed by atoms with Gasteiger partial charge in [-0.05, 0) is 54.4 Å². The summed E-state index contributed by atoms with van der Waals surface area (Å²) in [6, 6.07) is 24.0. The molecule has 5 aromatic carbocycles. The molecule has 0 fully saturated rings. The lowest BCUT2D eigenvalue weighted by Crippen LogP contribution is -2.27. The van der Waals surface area contributed by atoms with Crippen LogP contribution in [0.1, 0.15) is 95.6 Å². The number of benzene rings is 5. The number of nitrogens with one attached hydrogen (secondary N) is 2. The van der Waals surface area contributed by atoms with Gasteiger partial charge in [0.25, 0.3) is 11.8 Å². The van der Waals surface area contributed by atoms with Gasteiger partial charge in [0.2, 0.25) is 0 Å². The Hall–Kier alpha value is -8.09. The van der Waals surface area contributed by atoms with Crippen molar-refractivity contribution in [2.24, 2.45) is 0 Å². The minimum atomic E-state index is -0.714. The highest BCUT2D eigenvalue weighted by molar-refractivity contribution is 7.14. The molecule has 7 aromatic rings. The van der Waals surface area contributed by atoms with Crippen LogP contribution in [-0.2, 0) is 0 Å². The molecule has 0 radical (unpaired) electrons. The Kier molecular flexibility index (Phi) is 7.58. The van der Waals surface area contributed by atoms with E-state index in [0.29, 0.717) is 44.3 Å². The lowest BCUT2D eigenvalue weighted by molar-refractivity contribution is 0.0972. The van der Waals surface area contributed by atoms with Gasteiger partial charge in [0, 0.05) is 67.1 Å². The van der Waals surface area contributed by atoms with Crippen LogP contribution in [0.3, 0.4) is 0 Å². The van der Waals surface area contributed by atoms with E-state index >= 15 is 0 Å². The van der Waals surface area contributed by atoms with Gasteiger partial charge in [0.1, 0.15) is 0 Å². The maximum absolute atomic E-state index is 14.4. The first-order chi connectivity index (χ1) is 29.2. The number of Topliss-reactive ketones (excluding diaryl/α,β-unsaturated/α-hetero) is 2. The maximum Gasteiger partial charge on any atom is 0.257 e. The van der Waals surface area contributed by atoms with Gasteiger partial charge in [-0.15, -0.1) is 0 Å². The number of pyridine rings is 1. The topological polar surface area (TPSA) is 169 Å². The zero-order valence-electron chi connectivity index (χ0n) is 30.9. The quantitative estimate of drug-likeness (QED) is 0.177. The molecule has 0 saturated carbocycles. The predicted octanol–water partition coefficient (Wildman–Crippen LogP) is 8.53. The molecule has 0 spiro atoms. The molecule has 0 saturated heterocycles. The number of anilines is 2. The fourth-order valence-electron chi connectivity index (χ4n) is 8.63. The molecular weight excluding hydrogens is 777 g/mol. The second-order valence-corrected chi connectivity index (χ2v) is 15.3. The standard InChI is InChI=1S/C48H24N4O7S/c53-41-23-12-5-4-9-22(23)40-38-29(41)18-19-30(46(38)60-52-40)47(58)50-33-16-6-13-27-36(33)44(56)28-14-7-17-34(37(28)45(27)57)51-48(59)32-21-31-35(26-15-8-20-49-39(26)32)43(55)25-11-3-1-2-10-24(25)42(31)54/h1,3-21H,2H2,(H,50,58)(H,51,59). The molecule has 11 rings (SSSR count). The number of aromatic nitrogens is 2. The van der Waals surface area contributed by atoms with E-state index in [9.17, 15) is 33.6 Å². The lowest BCUT2D eigenvalue weighted by Gasteiger charge is -2.23. The molecule has 0 unspecified atom stereocenters. The van der Waals surface area contributed by atoms with Gasteiger partial charge < -0.3 is 10.6 Å². The Bertz CT molecular complexity index is 3390. The van der Waals surface area contributed by atoms with Gasteiger partial charge >= 0.3 is 0 Å². The van der Waals surface area contributed by atoms with Crippen molar-refractivity contribution in [2.45, 2.75) is 6.42 Å². The summed E-state index contributed by atoms with van der Waals surface area (Å²) in [4.78, 5) is 102. The number of amides is 2. The number of hydrogen-bond donors (Lipinski definition) is 2. The first-order valence-electron chi connectivity index (χ1n) is 18.8. The SMILES string of the molecule is O=C1C2=CCC=CC=C2C(=O)c2c1cc(C(=O)Nc1cccc3c1C(=O)c1cccc(NC(=O)c4ccc5c6c(nsc46)-c4ccccc4C5=O)c1C3=O)c1ncccc21. The van der Waals surface area contributed by atoms with E-state index in [2.05, 4.69) is 20.0 Å². The van der Waals surface area contributed by atoms with E-state index in [-0.39, 0.29) is 84.1 Å². The van der Waals surface area contributed by atoms with E-state index in [1.807, 2.05) is 18.2 Å². The summed E-state index contributed by atoms with van der Waals surface area (Å²) in [7, 11) is 0. The molecule has 60 heavy (non-hydrogen) atoms. The summed E-state index contributed by atoms with van der Waals surface area (Å²) >= 11 is 1.10. The fourth-order valence-corrected chi connectivity index (χ4v) is 9.56. The number of rotatable bonds is 4. The molecule has 2 amide bonds. The van der Waals surface area contributed by atoms with Gasteiger partial charge in [-0.3, -0.25) is 38.5 Å². The molecule has 2 heterocycles. The first kappa shape index (κ1) is 35.1. The van der Waals surface area contributed by atoms with Crippen molar-refractivity contribution >= 4 is 84.6 Å². The van der Waals surface area contributed by atoms with Crippen molar-refractivity contribution in [2.75, 3.05) is 10.6 Å². The highest BCUT2D eigenvalue weighted by atomic mass is 32.1.